The number of hydrogen-bond acceptors (Lipinski definition) is 3. The Morgan fingerprint density at radius 1 is 1.43 bits per heavy atom. The minimum atomic E-state index is -0.405. The smallest absolute Gasteiger partial charge is 0.0792 e. The van der Waals surface area contributed by atoms with Crippen LogP contribution in [0.2, 0.25) is 0 Å². The molecule has 0 aliphatic heterocycles. The van der Waals surface area contributed by atoms with Crippen molar-refractivity contribution >= 4 is 5.70 Å². The van der Waals surface area contributed by atoms with Gasteiger partial charge in [0.25, 0.3) is 0 Å². The van der Waals surface area contributed by atoms with Crippen molar-refractivity contribution in [3.05, 3.63) is 18.5 Å². The third kappa shape index (κ3) is 1.57. The summed E-state index contributed by atoms with van der Waals surface area (Å²) in [5, 5.41) is 18.0. The summed E-state index contributed by atoms with van der Waals surface area (Å²) < 4.78 is 0. The maximum atomic E-state index is 9.86. The van der Waals surface area contributed by atoms with Crippen LogP contribution in [0.15, 0.2) is 18.5 Å². The van der Waals surface area contributed by atoms with Gasteiger partial charge in [-0.25, -0.2) is 0 Å². The molecule has 1 N–H and O–H groups in total. The first-order chi connectivity index (χ1) is 6.59. The fourth-order valence-electron chi connectivity index (χ4n) is 1.62. The van der Waals surface area contributed by atoms with Crippen LogP contribution < -0.4 is 0 Å². The molecule has 0 saturated carbocycles. The van der Waals surface area contributed by atoms with Crippen molar-refractivity contribution in [2.45, 2.75) is 32.8 Å². The molecule has 1 unspecified atom stereocenters. The topological polar surface area (TPSA) is 50.9 Å². The lowest BCUT2D eigenvalue weighted by Gasteiger charge is -2.33. The van der Waals surface area contributed by atoms with Crippen LogP contribution in [0.3, 0.4) is 0 Å². The van der Waals surface area contributed by atoms with Gasteiger partial charge in [-0.2, -0.15) is 15.0 Å². The average Bonchev–Trinajstić information content (AvgIpc) is 2.62. The lowest BCUT2D eigenvalue weighted by atomic mass is 9.77. The number of rotatable bonds is 1. The van der Waals surface area contributed by atoms with Crippen molar-refractivity contribution in [3.63, 3.8) is 0 Å². The predicted octanol–water partition coefficient (Wildman–Crippen LogP) is 1.30. The fourth-order valence-corrected chi connectivity index (χ4v) is 1.62. The van der Waals surface area contributed by atoms with Gasteiger partial charge in [0.2, 0.25) is 0 Å². The molecular weight excluding hydrogens is 178 g/mol. The zero-order valence-corrected chi connectivity index (χ0v) is 8.51. The highest BCUT2D eigenvalue weighted by atomic mass is 16.3. The van der Waals surface area contributed by atoms with Crippen LogP contribution in [0.4, 0.5) is 0 Å². The Balaban J connectivity index is 2.25. The standard InChI is InChI=1S/C10H15N3O/c1-10(2)4-3-8(7-9(10)14)13-11-5-6-12-13/h5-7,9,14H,3-4H2,1-2H3. The first-order valence-electron chi connectivity index (χ1n) is 4.85. The summed E-state index contributed by atoms with van der Waals surface area (Å²) in [5.41, 5.74) is 0.957. The zero-order valence-electron chi connectivity index (χ0n) is 8.51. The molecule has 0 bridgehead atoms. The van der Waals surface area contributed by atoms with Crippen LogP contribution in [0, 0.1) is 5.41 Å². The van der Waals surface area contributed by atoms with E-state index in [0.29, 0.717) is 0 Å². The molecule has 0 saturated heterocycles. The molecule has 1 aliphatic carbocycles. The summed E-state index contributed by atoms with van der Waals surface area (Å²) in [6, 6.07) is 0. The highest BCUT2D eigenvalue weighted by Crippen LogP contribution is 2.35. The molecular formula is C10H15N3O. The highest BCUT2D eigenvalue weighted by Gasteiger charge is 2.31. The monoisotopic (exact) mass is 193 g/mol. The molecule has 1 aromatic rings. The minimum Gasteiger partial charge on any atom is -0.388 e. The number of aromatic nitrogens is 3. The van der Waals surface area contributed by atoms with Gasteiger partial charge in [0.15, 0.2) is 0 Å². The van der Waals surface area contributed by atoms with Crippen molar-refractivity contribution in [1.82, 2.24) is 15.0 Å². The van der Waals surface area contributed by atoms with E-state index in [-0.39, 0.29) is 5.41 Å². The van der Waals surface area contributed by atoms with Crippen molar-refractivity contribution in [2.24, 2.45) is 5.41 Å². The van der Waals surface area contributed by atoms with Gasteiger partial charge < -0.3 is 5.11 Å². The second kappa shape index (κ2) is 3.20. The Bertz CT molecular complexity index is 340. The molecule has 0 fully saturated rings. The second-order valence-corrected chi connectivity index (χ2v) is 4.41. The number of aliphatic hydroxyl groups excluding tert-OH is 1. The molecule has 1 aromatic heterocycles. The minimum absolute atomic E-state index is 0.0311. The largest absolute Gasteiger partial charge is 0.388 e. The molecule has 4 nitrogen and oxygen atoms in total. The van der Waals surface area contributed by atoms with E-state index in [4.69, 9.17) is 0 Å². The summed E-state index contributed by atoms with van der Waals surface area (Å²) in [4.78, 5) is 1.58. The van der Waals surface area contributed by atoms with Gasteiger partial charge in [0.05, 0.1) is 24.2 Å². The van der Waals surface area contributed by atoms with Crippen molar-refractivity contribution < 1.29 is 5.11 Å². The van der Waals surface area contributed by atoms with E-state index in [1.807, 2.05) is 6.08 Å². The predicted molar refractivity (Wildman–Crippen MR) is 53.3 cm³/mol. The van der Waals surface area contributed by atoms with Crippen LogP contribution >= 0.6 is 0 Å². The molecule has 76 valence electrons. The Morgan fingerprint density at radius 3 is 2.64 bits per heavy atom. The van der Waals surface area contributed by atoms with Gasteiger partial charge in [0.1, 0.15) is 0 Å². The maximum Gasteiger partial charge on any atom is 0.0792 e. The van der Waals surface area contributed by atoms with Crippen LogP contribution in [0.1, 0.15) is 26.7 Å². The van der Waals surface area contributed by atoms with Gasteiger partial charge >= 0.3 is 0 Å². The zero-order chi connectivity index (χ0) is 10.2. The van der Waals surface area contributed by atoms with E-state index < -0.39 is 6.10 Å². The molecule has 1 aliphatic rings. The quantitative estimate of drug-likeness (QED) is 0.731. The normalized spacial score (nSPS) is 25.9. The van der Waals surface area contributed by atoms with Crippen molar-refractivity contribution in [1.29, 1.82) is 0 Å². The van der Waals surface area contributed by atoms with E-state index in [2.05, 4.69) is 24.0 Å². The Labute approximate surface area is 83.2 Å². The summed E-state index contributed by atoms with van der Waals surface area (Å²) in [7, 11) is 0. The molecule has 0 spiro atoms. The van der Waals surface area contributed by atoms with Crippen LogP contribution in [-0.2, 0) is 0 Å². The van der Waals surface area contributed by atoms with Crippen LogP contribution in [0.25, 0.3) is 5.70 Å². The van der Waals surface area contributed by atoms with E-state index in [1.54, 1.807) is 17.2 Å². The molecule has 0 amide bonds. The average molecular weight is 193 g/mol. The van der Waals surface area contributed by atoms with Crippen LogP contribution in [0.5, 0.6) is 0 Å². The molecule has 1 heterocycles. The Kier molecular flexibility index (Phi) is 2.15. The first kappa shape index (κ1) is 9.40. The SMILES string of the molecule is CC1(C)CCC(n2nccn2)=CC1O. The maximum absolute atomic E-state index is 9.86. The fraction of sp³-hybridized carbons (Fsp3) is 0.600. The Hall–Kier alpha value is -1.16. The number of hydrogen-bond donors (Lipinski definition) is 1. The van der Waals surface area contributed by atoms with Crippen molar-refractivity contribution in [2.75, 3.05) is 0 Å². The lowest BCUT2D eigenvalue weighted by molar-refractivity contribution is 0.0780. The van der Waals surface area contributed by atoms with Gasteiger partial charge in [0, 0.05) is 0 Å². The van der Waals surface area contributed by atoms with Crippen LogP contribution in [-0.4, -0.2) is 26.2 Å². The third-order valence-electron chi connectivity index (χ3n) is 2.85. The molecule has 0 aromatic carbocycles. The number of allylic oxidation sites excluding steroid dienone is 1. The van der Waals surface area contributed by atoms with E-state index in [9.17, 15) is 5.11 Å². The highest BCUT2D eigenvalue weighted by molar-refractivity contribution is 5.45. The molecule has 14 heavy (non-hydrogen) atoms. The van der Waals surface area contributed by atoms with E-state index in [0.717, 1.165) is 18.5 Å². The van der Waals surface area contributed by atoms with Gasteiger partial charge in [-0.15, -0.1) is 0 Å². The molecule has 0 radical (unpaired) electrons. The number of nitrogens with zero attached hydrogens (tertiary/aromatic N) is 3. The molecule has 2 rings (SSSR count). The molecule has 4 heteroatoms. The van der Waals surface area contributed by atoms with E-state index >= 15 is 0 Å². The first-order valence-corrected chi connectivity index (χ1v) is 4.85. The van der Waals surface area contributed by atoms with Gasteiger partial charge in [-0.1, -0.05) is 13.8 Å². The molecule has 1 atom stereocenters. The van der Waals surface area contributed by atoms with Crippen molar-refractivity contribution in [3.8, 4) is 0 Å². The van der Waals surface area contributed by atoms with E-state index in [1.165, 1.54) is 0 Å². The van der Waals surface area contributed by atoms with Gasteiger partial charge in [-0.05, 0) is 24.3 Å². The summed E-state index contributed by atoms with van der Waals surface area (Å²) in [5.74, 6) is 0. The number of aliphatic hydroxyl groups is 1. The summed E-state index contributed by atoms with van der Waals surface area (Å²) in [6.07, 6.45) is 6.61. The summed E-state index contributed by atoms with van der Waals surface area (Å²) >= 11 is 0. The Morgan fingerprint density at radius 2 is 2.07 bits per heavy atom. The van der Waals surface area contributed by atoms with Gasteiger partial charge in [-0.3, -0.25) is 0 Å². The summed E-state index contributed by atoms with van der Waals surface area (Å²) in [6.45, 7) is 4.14. The third-order valence-corrected chi connectivity index (χ3v) is 2.85. The second-order valence-electron chi connectivity index (χ2n) is 4.41. The lowest BCUT2D eigenvalue weighted by Crippen LogP contribution is -2.31.